The van der Waals surface area contributed by atoms with Crippen LogP contribution in [0.3, 0.4) is 0 Å². The zero-order chi connectivity index (χ0) is 12.5. The van der Waals surface area contributed by atoms with Crippen LogP contribution in [0.4, 0.5) is 0 Å². The average molecular weight is 265 g/mol. The lowest BCUT2D eigenvalue weighted by molar-refractivity contribution is 0.686. The molecule has 15 heavy (non-hydrogen) atoms. The van der Waals surface area contributed by atoms with Crippen LogP contribution >= 0.6 is 11.1 Å². The highest BCUT2D eigenvalue weighted by molar-refractivity contribution is 7.24. The first-order valence-corrected chi connectivity index (χ1v) is 13.3. The van der Waals surface area contributed by atoms with Crippen molar-refractivity contribution in [1.29, 1.82) is 0 Å². The van der Waals surface area contributed by atoms with Gasteiger partial charge < -0.3 is 0 Å². The third-order valence-electron chi connectivity index (χ3n) is 4.21. The smallest absolute Gasteiger partial charge is 0.150 e. The lowest BCUT2D eigenvalue weighted by Crippen LogP contribution is -2.50. The second kappa shape index (κ2) is 4.93. The van der Waals surface area contributed by atoms with Gasteiger partial charge in [0.1, 0.15) is 0 Å². The largest absolute Gasteiger partial charge is 0.168 e. The molecular weight excluding hydrogens is 236 g/mol. The first-order valence-electron chi connectivity index (χ1n) is 6.13. The molecule has 0 aliphatic rings. The molecule has 0 aromatic rings. The molecule has 0 fully saturated rings. The zero-order valence-electron chi connectivity index (χ0n) is 11.9. The third kappa shape index (κ3) is 3.90. The summed E-state index contributed by atoms with van der Waals surface area (Å²) in [6, 6.07) is 0. The molecule has 1 atom stereocenters. The Bertz CT molecular complexity index is 199. The fraction of sp³-hybridized carbons (Fsp3) is 1.00. The second-order valence-corrected chi connectivity index (χ2v) is 19.8. The van der Waals surface area contributed by atoms with Crippen molar-refractivity contribution in [2.75, 3.05) is 0 Å². The van der Waals surface area contributed by atoms with E-state index >= 15 is 0 Å². The van der Waals surface area contributed by atoms with Crippen molar-refractivity contribution in [3.05, 3.63) is 0 Å². The van der Waals surface area contributed by atoms with Gasteiger partial charge >= 0.3 is 0 Å². The number of rotatable bonds is 4. The molecule has 0 nitrogen and oxygen atoms in total. The highest BCUT2D eigenvalue weighted by Gasteiger charge is 2.48. The lowest BCUT2D eigenvalue weighted by Gasteiger charge is -2.47. The van der Waals surface area contributed by atoms with Gasteiger partial charge in [-0.2, -0.15) is 11.1 Å². The quantitative estimate of drug-likeness (QED) is 0.455. The van der Waals surface area contributed by atoms with Gasteiger partial charge in [0.25, 0.3) is 0 Å². The highest BCUT2D eigenvalue weighted by Crippen LogP contribution is 2.49. The molecule has 0 aliphatic carbocycles. The van der Waals surface area contributed by atoms with Gasteiger partial charge in [0.2, 0.25) is 0 Å². The van der Waals surface area contributed by atoms with Gasteiger partial charge in [0.15, 0.2) is 7.38 Å². The van der Waals surface area contributed by atoms with Crippen LogP contribution < -0.4 is 0 Å². The Kier molecular flexibility index (Phi) is 5.16. The summed E-state index contributed by atoms with van der Waals surface area (Å²) < 4.78 is 0. The molecule has 0 heterocycles. The molecule has 0 aromatic heterocycles. The minimum atomic E-state index is -1.52. The predicted molar refractivity (Wildman–Crippen MR) is 79.2 cm³/mol. The van der Waals surface area contributed by atoms with Gasteiger partial charge in [0, 0.05) is 0 Å². The maximum Gasteiger partial charge on any atom is 0.150 e. The van der Waals surface area contributed by atoms with Crippen LogP contribution in [0.15, 0.2) is 0 Å². The Balaban J connectivity index is 5.08. The van der Waals surface area contributed by atoms with E-state index in [1.807, 2.05) is 0 Å². The standard InChI is InChI=1S/C12H29ClSi2/c1-9-10-11(15(7,8)13)14(5,6)12(2,3)4/h11H,9-10H2,1-8H3. The summed E-state index contributed by atoms with van der Waals surface area (Å²) in [7, 11) is -2.78. The van der Waals surface area contributed by atoms with E-state index in [9.17, 15) is 0 Å². The summed E-state index contributed by atoms with van der Waals surface area (Å²) in [5.41, 5.74) is 0. The first kappa shape index (κ1) is 15.7. The van der Waals surface area contributed by atoms with Crippen molar-refractivity contribution in [2.24, 2.45) is 0 Å². The highest BCUT2D eigenvalue weighted by atomic mass is 35.6. The Hall–Kier alpha value is 0.724. The van der Waals surface area contributed by atoms with Gasteiger partial charge in [-0.3, -0.25) is 0 Å². The van der Waals surface area contributed by atoms with Crippen LogP contribution in [0.5, 0.6) is 0 Å². The lowest BCUT2D eigenvalue weighted by atomic mass is 10.2. The van der Waals surface area contributed by atoms with Gasteiger partial charge in [-0.05, 0) is 10.2 Å². The molecule has 3 heteroatoms. The summed E-state index contributed by atoms with van der Waals surface area (Å²) in [5, 5.41) is 1.29. The number of hydrogen-bond donors (Lipinski definition) is 0. The number of hydrogen-bond acceptors (Lipinski definition) is 0. The first-order chi connectivity index (χ1) is 6.44. The zero-order valence-corrected chi connectivity index (χ0v) is 14.6. The van der Waals surface area contributed by atoms with Gasteiger partial charge in [0.05, 0.1) is 8.07 Å². The minimum Gasteiger partial charge on any atom is -0.168 e. The molecule has 0 spiro atoms. The molecule has 0 amide bonds. The van der Waals surface area contributed by atoms with E-state index in [4.69, 9.17) is 11.1 Å². The summed E-state index contributed by atoms with van der Waals surface area (Å²) in [6.45, 7) is 19.2. The van der Waals surface area contributed by atoms with Gasteiger partial charge in [-0.1, -0.05) is 66.7 Å². The molecule has 0 radical (unpaired) electrons. The average Bonchev–Trinajstić information content (AvgIpc) is 1.95. The maximum atomic E-state index is 6.74. The maximum absolute atomic E-state index is 6.74. The van der Waals surface area contributed by atoms with Gasteiger partial charge in [-0.25, -0.2) is 0 Å². The van der Waals surface area contributed by atoms with Crippen LogP contribution in [0.25, 0.3) is 0 Å². The topological polar surface area (TPSA) is 0 Å². The van der Waals surface area contributed by atoms with Crippen molar-refractivity contribution in [1.82, 2.24) is 0 Å². The van der Waals surface area contributed by atoms with Crippen molar-refractivity contribution in [3.8, 4) is 0 Å². The van der Waals surface area contributed by atoms with E-state index in [1.54, 1.807) is 0 Å². The van der Waals surface area contributed by atoms with Gasteiger partial charge in [-0.15, -0.1) is 0 Å². The monoisotopic (exact) mass is 264 g/mol. The molecule has 0 saturated heterocycles. The summed E-state index contributed by atoms with van der Waals surface area (Å²) in [5.74, 6) is 0. The fourth-order valence-electron chi connectivity index (χ4n) is 2.37. The van der Waals surface area contributed by atoms with E-state index in [-0.39, 0.29) is 0 Å². The molecule has 0 bridgehead atoms. The van der Waals surface area contributed by atoms with Crippen LogP contribution in [0, 0.1) is 0 Å². The summed E-state index contributed by atoms with van der Waals surface area (Å²) >= 11 is 6.74. The van der Waals surface area contributed by atoms with E-state index in [2.05, 4.69) is 53.9 Å². The Labute approximate surface area is 104 Å². The normalized spacial score (nSPS) is 16.6. The van der Waals surface area contributed by atoms with E-state index in [0.29, 0.717) is 5.04 Å². The molecule has 1 unspecified atom stereocenters. The van der Waals surface area contributed by atoms with E-state index < -0.39 is 15.5 Å². The predicted octanol–water partition coefficient (Wildman–Crippen LogP) is 5.65. The second-order valence-electron chi connectivity index (χ2n) is 6.88. The Morgan fingerprint density at radius 2 is 1.47 bits per heavy atom. The Morgan fingerprint density at radius 3 is 1.67 bits per heavy atom. The van der Waals surface area contributed by atoms with Crippen molar-refractivity contribution < 1.29 is 0 Å². The van der Waals surface area contributed by atoms with Crippen molar-refractivity contribution >= 4 is 26.5 Å². The fourth-order valence-corrected chi connectivity index (χ4v) is 16.4. The van der Waals surface area contributed by atoms with Crippen molar-refractivity contribution in [2.45, 2.75) is 76.9 Å². The minimum absolute atomic E-state index is 0.464. The molecule has 0 rings (SSSR count). The van der Waals surface area contributed by atoms with E-state index in [0.717, 1.165) is 5.16 Å². The Morgan fingerprint density at radius 1 is 1.07 bits per heavy atom. The molecule has 92 valence electrons. The summed E-state index contributed by atoms with van der Waals surface area (Å²) in [4.78, 5) is 0. The molecule has 0 saturated carbocycles. The molecule has 0 aromatic carbocycles. The van der Waals surface area contributed by atoms with Crippen molar-refractivity contribution in [3.63, 3.8) is 0 Å². The molecule has 0 N–H and O–H groups in total. The number of halogens is 1. The SMILES string of the molecule is CCCC([Si](C)(C)Cl)[Si](C)(C)C(C)(C)C. The van der Waals surface area contributed by atoms with Crippen LogP contribution in [0.1, 0.15) is 40.5 Å². The third-order valence-corrected chi connectivity index (χ3v) is 17.7. The molecule has 0 aliphatic heterocycles. The van der Waals surface area contributed by atoms with Crippen LogP contribution in [-0.4, -0.2) is 15.5 Å². The molecular formula is C12H29ClSi2. The summed E-state index contributed by atoms with van der Waals surface area (Å²) in [6.07, 6.45) is 2.61. The van der Waals surface area contributed by atoms with Crippen LogP contribution in [-0.2, 0) is 0 Å². The van der Waals surface area contributed by atoms with Crippen LogP contribution in [0.2, 0.25) is 36.4 Å². The van der Waals surface area contributed by atoms with E-state index in [1.165, 1.54) is 12.8 Å².